The van der Waals surface area contributed by atoms with Gasteiger partial charge in [-0.2, -0.15) is 0 Å². The standard InChI is InChI=1S/C17H22/c1-17(2,3)12-6-7-14-10-11-15-8-4-5-9-16(15)13-14/h4-5,8-11,13H,6-7,12H2,1-3H3. The summed E-state index contributed by atoms with van der Waals surface area (Å²) < 4.78 is 0. The summed E-state index contributed by atoms with van der Waals surface area (Å²) >= 11 is 0. The lowest BCUT2D eigenvalue weighted by Crippen LogP contribution is -2.04. The first kappa shape index (κ1) is 12.2. The van der Waals surface area contributed by atoms with Crippen LogP contribution in [0.4, 0.5) is 0 Å². The van der Waals surface area contributed by atoms with Crippen LogP contribution in [0.25, 0.3) is 10.8 Å². The molecule has 0 radical (unpaired) electrons. The summed E-state index contributed by atoms with van der Waals surface area (Å²) in [5.41, 5.74) is 1.92. The van der Waals surface area contributed by atoms with E-state index in [-0.39, 0.29) is 0 Å². The van der Waals surface area contributed by atoms with E-state index in [9.17, 15) is 0 Å². The number of hydrogen-bond donors (Lipinski definition) is 0. The van der Waals surface area contributed by atoms with Crippen LogP contribution in [0.15, 0.2) is 42.5 Å². The summed E-state index contributed by atoms with van der Waals surface area (Å²) in [6.07, 6.45) is 3.77. The van der Waals surface area contributed by atoms with E-state index in [4.69, 9.17) is 0 Å². The molecule has 2 aromatic rings. The van der Waals surface area contributed by atoms with Gasteiger partial charge in [0, 0.05) is 0 Å². The maximum absolute atomic E-state index is 2.33. The Kier molecular flexibility index (Phi) is 3.51. The topological polar surface area (TPSA) is 0 Å². The van der Waals surface area contributed by atoms with Gasteiger partial charge in [-0.25, -0.2) is 0 Å². The number of fused-ring (bicyclic) bond motifs is 1. The molecular weight excluding hydrogens is 204 g/mol. The molecule has 0 heterocycles. The molecule has 0 aliphatic rings. The molecule has 0 aliphatic heterocycles. The molecule has 2 rings (SSSR count). The Balaban J connectivity index is 2.04. The SMILES string of the molecule is CC(C)(C)CCCc1ccc2ccccc2c1. The number of hydrogen-bond acceptors (Lipinski definition) is 0. The number of aryl methyl sites for hydroxylation is 1. The Labute approximate surface area is 105 Å². The van der Waals surface area contributed by atoms with Crippen LogP contribution in [0.2, 0.25) is 0 Å². The van der Waals surface area contributed by atoms with Crippen LogP contribution < -0.4 is 0 Å². The fourth-order valence-corrected chi connectivity index (χ4v) is 2.22. The van der Waals surface area contributed by atoms with Gasteiger partial charge in [-0.15, -0.1) is 0 Å². The molecule has 0 fully saturated rings. The van der Waals surface area contributed by atoms with Crippen molar-refractivity contribution in [2.75, 3.05) is 0 Å². The Morgan fingerprint density at radius 3 is 2.29 bits per heavy atom. The van der Waals surface area contributed by atoms with Gasteiger partial charge in [-0.3, -0.25) is 0 Å². The second kappa shape index (κ2) is 4.91. The molecule has 0 N–H and O–H groups in total. The van der Waals surface area contributed by atoms with E-state index in [1.54, 1.807) is 0 Å². The van der Waals surface area contributed by atoms with E-state index in [0.29, 0.717) is 5.41 Å². The smallest absolute Gasteiger partial charge is 0.0181 e. The quantitative estimate of drug-likeness (QED) is 0.674. The summed E-state index contributed by atoms with van der Waals surface area (Å²) in [6, 6.07) is 15.4. The highest BCUT2D eigenvalue weighted by Crippen LogP contribution is 2.23. The molecule has 17 heavy (non-hydrogen) atoms. The predicted octanol–water partition coefficient (Wildman–Crippen LogP) is 5.21. The molecule has 0 spiro atoms. The van der Waals surface area contributed by atoms with Gasteiger partial charge >= 0.3 is 0 Å². The van der Waals surface area contributed by atoms with Crippen molar-refractivity contribution < 1.29 is 0 Å². The first-order chi connectivity index (χ1) is 8.04. The second-order valence-corrected chi connectivity index (χ2v) is 6.10. The van der Waals surface area contributed by atoms with E-state index >= 15 is 0 Å². The zero-order valence-corrected chi connectivity index (χ0v) is 11.2. The molecule has 0 heteroatoms. The summed E-state index contributed by atoms with van der Waals surface area (Å²) in [7, 11) is 0. The first-order valence-electron chi connectivity index (χ1n) is 6.52. The summed E-state index contributed by atoms with van der Waals surface area (Å²) in [4.78, 5) is 0. The zero-order valence-electron chi connectivity index (χ0n) is 11.2. The zero-order chi connectivity index (χ0) is 12.3. The van der Waals surface area contributed by atoms with Crippen molar-refractivity contribution in [1.29, 1.82) is 0 Å². The van der Waals surface area contributed by atoms with Crippen LogP contribution in [0.3, 0.4) is 0 Å². The normalized spacial score (nSPS) is 11.9. The van der Waals surface area contributed by atoms with Gasteiger partial charge < -0.3 is 0 Å². The van der Waals surface area contributed by atoms with Crippen LogP contribution in [0, 0.1) is 5.41 Å². The van der Waals surface area contributed by atoms with E-state index in [0.717, 1.165) is 0 Å². The number of benzene rings is 2. The lowest BCUT2D eigenvalue weighted by Gasteiger charge is -2.17. The van der Waals surface area contributed by atoms with E-state index in [2.05, 4.69) is 63.2 Å². The van der Waals surface area contributed by atoms with Crippen molar-refractivity contribution in [3.05, 3.63) is 48.0 Å². The molecule has 0 atom stereocenters. The molecule has 0 nitrogen and oxygen atoms in total. The van der Waals surface area contributed by atoms with Crippen LogP contribution in [-0.2, 0) is 6.42 Å². The van der Waals surface area contributed by atoms with E-state index in [1.165, 1.54) is 35.6 Å². The van der Waals surface area contributed by atoms with E-state index in [1.807, 2.05) is 0 Å². The second-order valence-electron chi connectivity index (χ2n) is 6.10. The van der Waals surface area contributed by atoms with Crippen LogP contribution in [-0.4, -0.2) is 0 Å². The summed E-state index contributed by atoms with van der Waals surface area (Å²) in [5, 5.41) is 2.70. The van der Waals surface area contributed by atoms with Gasteiger partial charge in [-0.05, 0) is 41.0 Å². The van der Waals surface area contributed by atoms with Crippen molar-refractivity contribution in [3.8, 4) is 0 Å². The van der Waals surface area contributed by atoms with Crippen molar-refractivity contribution in [2.24, 2.45) is 5.41 Å². The third-order valence-corrected chi connectivity index (χ3v) is 3.21. The molecule has 0 saturated carbocycles. The molecule has 0 unspecified atom stereocenters. The van der Waals surface area contributed by atoms with Crippen molar-refractivity contribution in [3.63, 3.8) is 0 Å². The predicted molar refractivity (Wildman–Crippen MR) is 76.3 cm³/mol. The molecule has 0 saturated heterocycles. The maximum atomic E-state index is 2.33. The van der Waals surface area contributed by atoms with Crippen molar-refractivity contribution in [1.82, 2.24) is 0 Å². The molecule has 0 aromatic heterocycles. The monoisotopic (exact) mass is 226 g/mol. The molecular formula is C17H22. The molecule has 2 aromatic carbocycles. The third-order valence-electron chi connectivity index (χ3n) is 3.21. The maximum Gasteiger partial charge on any atom is -0.0181 e. The highest BCUT2D eigenvalue weighted by molar-refractivity contribution is 5.82. The summed E-state index contributed by atoms with van der Waals surface area (Å²) in [5.74, 6) is 0. The van der Waals surface area contributed by atoms with Gasteiger partial charge in [0.25, 0.3) is 0 Å². The minimum absolute atomic E-state index is 0.455. The molecule has 0 aliphatic carbocycles. The lowest BCUT2D eigenvalue weighted by atomic mass is 9.89. The van der Waals surface area contributed by atoms with Crippen molar-refractivity contribution >= 4 is 10.8 Å². The van der Waals surface area contributed by atoms with Crippen LogP contribution in [0.1, 0.15) is 39.2 Å². The molecule has 0 bridgehead atoms. The minimum Gasteiger partial charge on any atom is -0.0616 e. The van der Waals surface area contributed by atoms with Gasteiger partial charge in [0.05, 0.1) is 0 Å². The average Bonchev–Trinajstić information content (AvgIpc) is 2.27. The van der Waals surface area contributed by atoms with Crippen LogP contribution in [0.5, 0.6) is 0 Å². The van der Waals surface area contributed by atoms with Gasteiger partial charge in [0.2, 0.25) is 0 Å². The van der Waals surface area contributed by atoms with Gasteiger partial charge in [0.15, 0.2) is 0 Å². The Bertz CT molecular complexity index is 489. The highest BCUT2D eigenvalue weighted by atomic mass is 14.1. The first-order valence-corrected chi connectivity index (χ1v) is 6.52. The van der Waals surface area contributed by atoms with Crippen molar-refractivity contribution in [2.45, 2.75) is 40.0 Å². The third kappa shape index (κ3) is 3.59. The fourth-order valence-electron chi connectivity index (χ4n) is 2.22. The van der Waals surface area contributed by atoms with Gasteiger partial charge in [0.1, 0.15) is 0 Å². The lowest BCUT2D eigenvalue weighted by molar-refractivity contribution is 0.365. The minimum atomic E-state index is 0.455. The largest absolute Gasteiger partial charge is 0.0616 e. The van der Waals surface area contributed by atoms with E-state index < -0.39 is 0 Å². The highest BCUT2D eigenvalue weighted by Gasteiger charge is 2.09. The molecule has 0 amide bonds. The van der Waals surface area contributed by atoms with Crippen LogP contribution >= 0.6 is 0 Å². The Morgan fingerprint density at radius 1 is 0.882 bits per heavy atom. The average molecular weight is 226 g/mol. The van der Waals surface area contributed by atoms with Gasteiger partial charge in [-0.1, -0.05) is 63.2 Å². The Hall–Kier alpha value is -1.30. The fraction of sp³-hybridized carbons (Fsp3) is 0.412. The Morgan fingerprint density at radius 2 is 1.59 bits per heavy atom. The molecule has 90 valence electrons. The number of rotatable bonds is 3. The summed E-state index contributed by atoms with van der Waals surface area (Å²) in [6.45, 7) is 6.94.